The molecule has 0 radical (unpaired) electrons. The van der Waals surface area contributed by atoms with Gasteiger partial charge in [0, 0.05) is 0 Å². The summed E-state index contributed by atoms with van der Waals surface area (Å²) in [5, 5.41) is 1.38. The Morgan fingerprint density at radius 1 is 1.82 bits per heavy atom. The third-order valence-corrected chi connectivity index (χ3v) is 1.62. The van der Waals surface area contributed by atoms with Crippen LogP contribution >= 0.6 is 0 Å². The average Bonchev–Trinajstić information content (AvgIpc) is 2.64. The largest absolute Gasteiger partial charge is 0.371 e. The van der Waals surface area contributed by atoms with E-state index in [4.69, 9.17) is 4.74 Å². The summed E-state index contributed by atoms with van der Waals surface area (Å²) in [5.74, 6) is -0.263. The Morgan fingerprint density at radius 3 is 3.00 bits per heavy atom. The van der Waals surface area contributed by atoms with Crippen molar-refractivity contribution < 1.29 is 14.5 Å². The van der Waals surface area contributed by atoms with Crippen molar-refractivity contribution >= 4 is 5.91 Å². The van der Waals surface area contributed by atoms with Crippen LogP contribution in [-0.2, 0) is 9.53 Å². The lowest BCUT2D eigenvalue weighted by atomic mass is 10.4. The van der Waals surface area contributed by atoms with Crippen molar-refractivity contribution in [1.29, 1.82) is 0 Å². The molecular weight excluding hydrogens is 150 g/mol. The predicted molar refractivity (Wildman–Crippen MR) is 33.1 cm³/mol. The number of hydrazine groups is 2. The number of hydrogen-bond acceptors (Lipinski definition) is 3. The molecule has 0 aromatic carbocycles. The second-order valence-electron chi connectivity index (χ2n) is 2.61. The molecule has 6 nitrogen and oxygen atoms in total. The monoisotopic (exact) mass is 158 g/mol. The van der Waals surface area contributed by atoms with Crippen LogP contribution in [0, 0.1) is 4.91 Å². The molecule has 0 bridgehead atoms. The summed E-state index contributed by atoms with van der Waals surface area (Å²) in [6.07, 6.45) is 0.138. The van der Waals surface area contributed by atoms with Gasteiger partial charge in [0.05, 0.1) is 11.5 Å². The van der Waals surface area contributed by atoms with E-state index in [1.54, 1.807) is 0 Å². The molecular formula is C5H8N3O3+. The quantitative estimate of drug-likeness (QED) is 0.389. The lowest BCUT2D eigenvalue weighted by Gasteiger charge is -1.98. The Bertz CT molecular complexity index is 213. The van der Waals surface area contributed by atoms with E-state index < -0.39 is 0 Å². The highest BCUT2D eigenvalue weighted by atomic mass is 16.6. The van der Waals surface area contributed by atoms with Gasteiger partial charge in [0.2, 0.25) is 0 Å². The zero-order valence-corrected chi connectivity index (χ0v) is 5.82. The lowest BCUT2D eigenvalue weighted by Crippen LogP contribution is -2.33. The van der Waals surface area contributed by atoms with Crippen LogP contribution in [0.2, 0.25) is 0 Å². The van der Waals surface area contributed by atoms with Crippen molar-refractivity contribution in [2.75, 3.05) is 19.7 Å². The van der Waals surface area contributed by atoms with E-state index >= 15 is 0 Å². The van der Waals surface area contributed by atoms with Crippen LogP contribution in [-0.4, -0.2) is 41.7 Å². The van der Waals surface area contributed by atoms with E-state index in [0.717, 1.165) is 0 Å². The molecule has 0 spiro atoms. The number of nitrogens with zero attached hydrogens (tertiary/aromatic N) is 2. The number of rotatable bonds is 2. The number of amides is 1. The van der Waals surface area contributed by atoms with Crippen LogP contribution in [0.25, 0.3) is 0 Å². The van der Waals surface area contributed by atoms with Gasteiger partial charge < -0.3 is 4.74 Å². The standard InChI is InChI=1S/C5H7N3O3/c9-5-2-7(8(10)6-5)1-4-3-11-4/h4H,1-3H2/p+1. The smallest absolute Gasteiger partial charge is 0.307 e. The van der Waals surface area contributed by atoms with E-state index in [9.17, 15) is 9.70 Å². The normalized spacial score (nSPS) is 29.1. The summed E-state index contributed by atoms with van der Waals surface area (Å²) in [7, 11) is 0. The maximum absolute atomic E-state index is 10.8. The van der Waals surface area contributed by atoms with Gasteiger partial charge in [-0.25, -0.2) is 0 Å². The summed E-state index contributed by atoms with van der Waals surface area (Å²) in [5.41, 5.74) is 2.11. The van der Waals surface area contributed by atoms with Crippen molar-refractivity contribution in [1.82, 2.24) is 10.4 Å². The molecule has 0 aromatic heterocycles. The topological polar surface area (TPSA) is 65.0 Å². The first kappa shape index (κ1) is 6.53. The second-order valence-corrected chi connectivity index (χ2v) is 2.61. The molecule has 0 aromatic rings. The third kappa shape index (κ3) is 1.30. The SMILES string of the molecule is O=C1CN(CC2CO2)[N+](=O)N1. The van der Waals surface area contributed by atoms with Gasteiger partial charge in [0.15, 0.2) is 6.54 Å². The highest BCUT2D eigenvalue weighted by Gasteiger charge is 2.39. The Balaban J connectivity index is 1.91. The highest BCUT2D eigenvalue weighted by molar-refractivity contribution is 5.77. The molecule has 2 saturated heterocycles. The Morgan fingerprint density at radius 2 is 2.55 bits per heavy atom. The second kappa shape index (κ2) is 2.16. The number of carbonyl (C=O) groups is 1. The Labute approximate surface area is 62.6 Å². The Kier molecular flexibility index (Phi) is 1.28. The van der Waals surface area contributed by atoms with Crippen LogP contribution < -0.4 is 5.43 Å². The molecule has 1 amide bonds. The summed E-state index contributed by atoms with van der Waals surface area (Å²) >= 11 is 0. The van der Waals surface area contributed by atoms with Gasteiger partial charge in [-0.1, -0.05) is 10.4 Å². The fraction of sp³-hybridized carbons (Fsp3) is 0.800. The van der Waals surface area contributed by atoms with E-state index in [2.05, 4.69) is 5.43 Å². The van der Waals surface area contributed by atoms with E-state index in [-0.39, 0.29) is 18.6 Å². The van der Waals surface area contributed by atoms with Gasteiger partial charge in [-0.05, 0) is 0 Å². The van der Waals surface area contributed by atoms with Crippen molar-refractivity contribution in [3.8, 4) is 0 Å². The molecule has 60 valence electrons. The summed E-state index contributed by atoms with van der Waals surface area (Å²) in [6, 6.07) is 0. The maximum atomic E-state index is 10.8. The molecule has 11 heavy (non-hydrogen) atoms. The summed E-state index contributed by atoms with van der Waals surface area (Å²) < 4.78 is 4.91. The number of nitrogens with one attached hydrogen (secondary N) is 1. The van der Waals surface area contributed by atoms with E-state index in [1.807, 2.05) is 0 Å². The third-order valence-electron chi connectivity index (χ3n) is 1.62. The molecule has 2 heterocycles. The molecule has 6 heteroatoms. The van der Waals surface area contributed by atoms with Crippen LogP contribution in [0.1, 0.15) is 0 Å². The first-order chi connectivity index (χ1) is 5.25. The van der Waals surface area contributed by atoms with Gasteiger partial charge in [0.25, 0.3) is 4.98 Å². The maximum Gasteiger partial charge on any atom is 0.307 e. The van der Waals surface area contributed by atoms with Crippen LogP contribution in [0.15, 0.2) is 0 Å². The predicted octanol–water partition coefficient (Wildman–Crippen LogP) is -1.57. The summed E-state index contributed by atoms with van der Waals surface area (Å²) in [6.45, 7) is 1.34. The molecule has 2 aliphatic heterocycles. The molecule has 0 saturated carbocycles. The van der Waals surface area contributed by atoms with Crippen LogP contribution in [0.3, 0.4) is 0 Å². The van der Waals surface area contributed by atoms with Gasteiger partial charge in [-0.2, -0.15) is 0 Å². The van der Waals surface area contributed by atoms with Crippen molar-refractivity contribution in [2.24, 2.45) is 0 Å². The Hall–Kier alpha value is -1.17. The number of carbonyl (C=O) groups excluding carboxylic acids is 1. The molecule has 0 aliphatic carbocycles. The molecule has 1 atom stereocenters. The fourth-order valence-electron chi connectivity index (χ4n) is 0.990. The number of ether oxygens (including phenoxy) is 1. The van der Waals surface area contributed by atoms with Crippen LogP contribution in [0.4, 0.5) is 0 Å². The van der Waals surface area contributed by atoms with E-state index in [1.165, 1.54) is 5.01 Å². The first-order valence-corrected chi connectivity index (χ1v) is 3.39. The molecule has 2 aliphatic rings. The molecule has 1 N–H and O–H groups in total. The van der Waals surface area contributed by atoms with Crippen molar-refractivity contribution in [3.63, 3.8) is 0 Å². The fourth-order valence-corrected chi connectivity index (χ4v) is 0.990. The van der Waals surface area contributed by atoms with Crippen LogP contribution in [0.5, 0.6) is 0 Å². The zero-order valence-electron chi connectivity index (χ0n) is 5.82. The van der Waals surface area contributed by atoms with Gasteiger partial charge >= 0.3 is 5.91 Å². The van der Waals surface area contributed by atoms with Gasteiger partial charge in [-0.15, -0.1) is 0 Å². The molecule has 2 fully saturated rings. The molecule has 2 rings (SSSR count). The zero-order chi connectivity index (χ0) is 7.84. The van der Waals surface area contributed by atoms with Crippen molar-refractivity contribution in [3.05, 3.63) is 4.91 Å². The number of epoxide rings is 1. The molecule has 1 unspecified atom stereocenters. The minimum Gasteiger partial charge on any atom is -0.371 e. The van der Waals surface area contributed by atoms with Gasteiger partial charge in [-0.3, -0.25) is 4.79 Å². The minimum atomic E-state index is -0.263. The highest BCUT2D eigenvalue weighted by Crippen LogP contribution is 2.11. The minimum absolute atomic E-state index is 0.138. The van der Waals surface area contributed by atoms with Crippen molar-refractivity contribution in [2.45, 2.75) is 6.10 Å². The summed E-state index contributed by atoms with van der Waals surface area (Å²) in [4.78, 5) is 21.9. The lowest BCUT2D eigenvalue weighted by molar-refractivity contribution is -0.726. The number of hydrogen-bond donors (Lipinski definition) is 1. The average molecular weight is 158 g/mol. The van der Waals surface area contributed by atoms with Gasteiger partial charge in [0.1, 0.15) is 12.6 Å². The first-order valence-electron chi connectivity index (χ1n) is 3.39. The van der Waals surface area contributed by atoms with E-state index in [0.29, 0.717) is 18.1 Å². The number of nitroso groups, excluding NO2 is 1.